The van der Waals surface area contributed by atoms with Gasteiger partial charge in [-0.05, 0) is 29.5 Å². The summed E-state index contributed by atoms with van der Waals surface area (Å²) in [6.45, 7) is 0.556. The molecule has 1 unspecified atom stereocenters. The number of fused-ring (bicyclic) bond motifs is 1. The second kappa shape index (κ2) is 7.29. The van der Waals surface area contributed by atoms with Crippen molar-refractivity contribution < 1.29 is 9.90 Å². The maximum absolute atomic E-state index is 12.0. The van der Waals surface area contributed by atoms with E-state index in [4.69, 9.17) is 0 Å². The molecule has 0 spiro atoms. The van der Waals surface area contributed by atoms with Crippen LogP contribution < -0.4 is 10.6 Å². The van der Waals surface area contributed by atoms with E-state index in [2.05, 4.69) is 22.8 Å². The number of benzene rings is 2. The molecule has 0 radical (unpaired) electrons. The van der Waals surface area contributed by atoms with Crippen molar-refractivity contribution in [3.8, 4) is 0 Å². The molecule has 23 heavy (non-hydrogen) atoms. The van der Waals surface area contributed by atoms with Crippen molar-refractivity contribution >= 4 is 6.03 Å². The highest BCUT2D eigenvalue weighted by Crippen LogP contribution is 2.33. The van der Waals surface area contributed by atoms with E-state index in [1.54, 1.807) is 0 Å². The van der Waals surface area contributed by atoms with Crippen LogP contribution in [0.2, 0.25) is 0 Å². The normalized spacial score (nSPS) is 16.8. The fourth-order valence-corrected chi connectivity index (χ4v) is 3.06. The van der Waals surface area contributed by atoms with E-state index < -0.39 is 0 Å². The van der Waals surface area contributed by atoms with E-state index in [-0.39, 0.29) is 18.7 Å². The molecule has 4 heteroatoms. The summed E-state index contributed by atoms with van der Waals surface area (Å²) in [7, 11) is 0. The van der Waals surface area contributed by atoms with Crippen LogP contribution in [0.25, 0.3) is 0 Å². The van der Waals surface area contributed by atoms with E-state index in [1.807, 2.05) is 42.5 Å². The van der Waals surface area contributed by atoms with Crippen LogP contribution in [0.4, 0.5) is 4.79 Å². The Morgan fingerprint density at radius 2 is 1.87 bits per heavy atom. The standard InChI is InChI=1S/C19H22N2O2/c22-13-17(10-14-6-2-1-3-7-14)21-19(23)20-12-16-11-15-8-4-5-9-18(15)16/h1-9,16-17,22H,10-13H2,(H2,20,21,23)/t16?,17-/m0/s1. The Bertz CT molecular complexity index is 657. The predicted octanol–water partition coefficient (Wildman–Crippen LogP) is 2.23. The van der Waals surface area contributed by atoms with Crippen molar-refractivity contribution in [3.05, 3.63) is 71.3 Å². The number of nitrogens with one attached hydrogen (secondary N) is 2. The van der Waals surface area contributed by atoms with Gasteiger partial charge in [0, 0.05) is 12.5 Å². The van der Waals surface area contributed by atoms with Crippen LogP contribution in [0.1, 0.15) is 22.6 Å². The third kappa shape index (κ3) is 3.90. The number of aliphatic hydroxyl groups is 1. The van der Waals surface area contributed by atoms with Gasteiger partial charge in [0.25, 0.3) is 0 Å². The van der Waals surface area contributed by atoms with Gasteiger partial charge < -0.3 is 15.7 Å². The quantitative estimate of drug-likeness (QED) is 0.766. The van der Waals surface area contributed by atoms with Gasteiger partial charge in [-0.2, -0.15) is 0 Å². The summed E-state index contributed by atoms with van der Waals surface area (Å²) in [6.07, 6.45) is 1.64. The summed E-state index contributed by atoms with van der Waals surface area (Å²) < 4.78 is 0. The van der Waals surface area contributed by atoms with Crippen molar-refractivity contribution in [2.75, 3.05) is 13.2 Å². The molecule has 3 rings (SSSR count). The summed E-state index contributed by atoms with van der Waals surface area (Å²) >= 11 is 0. The molecule has 2 atom stereocenters. The van der Waals surface area contributed by atoms with Gasteiger partial charge in [-0.15, -0.1) is 0 Å². The minimum Gasteiger partial charge on any atom is -0.394 e. The van der Waals surface area contributed by atoms with Crippen molar-refractivity contribution in [2.45, 2.75) is 24.8 Å². The second-order valence-electron chi connectivity index (χ2n) is 6.02. The van der Waals surface area contributed by atoms with Gasteiger partial charge in [0.1, 0.15) is 0 Å². The first-order chi connectivity index (χ1) is 11.3. The average Bonchev–Trinajstić information content (AvgIpc) is 2.56. The minimum atomic E-state index is -0.272. The molecule has 1 aliphatic rings. The van der Waals surface area contributed by atoms with Crippen molar-refractivity contribution in [3.63, 3.8) is 0 Å². The molecule has 2 amide bonds. The zero-order chi connectivity index (χ0) is 16.1. The molecule has 4 nitrogen and oxygen atoms in total. The molecule has 2 aromatic carbocycles. The first kappa shape index (κ1) is 15.6. The van der Waals surface area contributed by atoms with E-state index in [0.717, 1.165) is 12.0 Å². The smallest absolute Gasteiger partial charge is 0.315 e. The third-order valence-corrected chi connectivity index (χ3v) is 4.35. The number of amides is 2. The molecule has 1 aliphatic carbocycles. The highest BCUT2D eigenvalue weighted by molar-refractivity contribution is 5.74. The number of carbonyl (C=O) groups is 1. The topological polar surface area (TPSA) is 61.4 Å². The Kier molecular flexibility index (Phi) is 4.93. The zero-order valence-corrected chi connectivity index (χ0v) is 13.0. The summed E-state index contributed by atoms with van der Waals surface area (Å²) in [6, 6.07) is 17.7. The van der Waals surface area contributed by atoms with Gasteiger partial charge in [0.2, 0.25) is 0 Å². The Morgan fingerprint density at radius 1 is 1.13 bits per heavy atom. The fraction of sp³-hybridized carbons (Fsp3) is 0.316. The van der Waals surface area contributed by atoms with Gasteiger partial charge in [0.15, 0.2) is 0 Å². The Balaban J connectivity index is 1.45. The van der Waals surface area contributed by atoms with Crippen molar-refractivity contribution in [1.82, 2.24) is 10.6 Å². The van der Waals surface area contributed by atoms with E-state index in [9.17, 15) is 9.90 Å². The van der Waals surface area contributed by atoms with Gasteiger partial charge in [0.05, 0.1) is 12.6 Å². The van der Waals surface area contributed by atoms with E-state index >= 15 is 0 Å². The van der Waals surface area contributed by atoms with Crippen LogP contribution in [-0.2, 0) is 12.8 Å². The molecule has 3 N–H and O–H groups in total. The van der Waals surface area contributed by atoms with Crippen LogP contribution in [0.5, 0.6) is 0 Å². The average molecular weight is 310 g/mol. The van der Waals surface area contributed by atoms with Crippen LogP contribution in [0.3, 0.4) is 0 Å². The maximum atomic E-state index is 12.0. The lowest BCUT2D eigenvalue weighted by Gasteiger charge is -2.30. The molecule has 0 bridgehead atoms. The Morgan fingerprint density at radius 3 is 2.61 bits per heavy atom. The Hall–Kier alpha value is -2.33. The van der Waals surface area contributed by atoms with Crippen LogP contribution in [0.15, 0.2) is 54.6 Å². The van der Waals surface area contributed by atoms with Gasteiger partial charge in [-0.1, -0.05) is 54.6 Å². The summed E-state index contributed by atoms with van der Waals surface area (Å²) in [4.78, 5) is 12.0. The Labute approximate surface area is 136 Å². The monoisotopic (exact) mass is 310 g/mol. The third-order valence-electron chi connectivity index (χ3n) is 4.35. The number of rotatable bonds is 6. The second-order valence-corrected chi connectivity index (χ2v) is 6.02. The summed E-state index contributed by atoms with van der Waals surface area (Å²) in [5, 5.41) is 15.2. The minimum absolute atomic E-state index is 0.0748. The summed E-state index contributed by atoms with van der Waals surface area (Å²) in [5.41, 5.74) is 3.80. The summed E-state index contributed by atoms with van der Waals surface area (Å²) in [5.74, 6) is 0.402. The van der Waals surface area contributed by atoms with Crippen molar-refractivity contribution in [1.29, 1.82) is 0 Å². The predicted molar refractivity (Wildman–Crippen MR) is 90.4 cm³/mol. The number of urea groups is 1. The molecule has 0 fully saturated rings. The molecule has 2 aromatic rings. The van der Waals surface area contributed by atoms with E-state index in [1.165, 1.54) is 11.1 Å². The van der Waals surface area contributed by atoms with Crippen LogP contribution in [-0.4, -0.2) is 30.3 Å². The van der Waals surface area contributed by atoms with Gasteiger partial charge in [-0.25, -0.2) is 4.79 Å². The van der Waals surface area contributed by atoms with Crippen LogP contribution in [0, 0.1) is 0 Å². The lowest BCUT2D eigenvalue weighted by atomic mass is 9.78. The fourth-order valence-electron chi connectivity index (χ4n) is 3.06. The van der Waals surface area contributed by atoms with Crippen molar-refractivity contribution in [2.24, 2.45) is 0 Å². The van der Waals surface area contributed by atoms with Gasteiger partial charge in [-0.3, -0.25) is 0 Å². The number of hydrogen-bond donors (Lipinski definition) is 3. The highest BCUT2D eigenvalue weighted by atomic mass is 16.3. The molecule has 0 aliphatic heterocycles. The number of hydrogen-bond acceptors (Lipinski definition) is 2. The highest BCUT2D eigenvalue weighted by Gasteiger charge is 2.25. The SMILES string of the molecule is O=C(NCC1Cc2ccccc21)N[C@H](CO)Cc1ccccc1. The molecule has 0 saturated carbocycles. The molecule has 120 valence electrons. The molecule has 0 saturated heterocycles. The van der Waals surface area contributed by atoms with Gasteiger partial charge >= 0.3 is 6.03 Å². The molecule has 0 aromatic heterocycles. The van der Waals surface area contributed by atoms with Crippen LogP contribution >= 0.6 is 0 Å². The largest absolute Gasteiger partial charge is 0.394 e. The first-order valence-electron chi connectivity index (χ1n) is 8.03. The molecular weight excluding hydrogens is 288 g/mol. The maximum Gasteiger partial charge on any atom is 0.315 e. The van der Waals surface area contributed by atoms with E-state index in [0.29, 0.717) is 18.9 Å². The molecule has 0 heterocycles. The first-order valence-corrected chi connectivity index (χ1v) is 8.03. The number of aliphatic hydroxyl groups excluding tert-OH is 1. The molecular formula is C19H22N2O2. The lowest BCUT2D eigenvalue weighted by Crippen LogP contribution is -2.46. The zero-order valence-electron chi connectivity index (χ0n) is 13.0. The number of carbonyl (C=O) groups excluding carboxylic acids is 1. The lowest BCUT2D eigenvalue weighted by molar-refractivity contribution is 0.215.